The standard InChI is InChI=1S/C20H30NO4/c1-2-3-13-16-19(21(24)25)20(23)17-14-11-9-7-5-4-6-8-10-12-15-18-22/h3,5-8,11,13-14,19-20,23H,2,4,9-10,12,15-17H2,1H3/b7-5-,8-6-,13-3-,14-11-. The lowest BCUT2D eigenvalue weighted by atomic mass is 10.0. The van der Waals surface area contributed by atoms with Crippen molar-refractivity contribution in [2.75, 3.05) is 0 Å². The Kier molecular flexibility index (Phi) is 15.5. The Hall–Kier alpha value is -2.01. The van der Waals surface area contributed by atoms with Crippen LogP contribution in [0.5, 0.6) is 0 Å². The van der Waals surface area contributed by atoms with Crippen molar-refractivity contribution in [1.29, 1.82) is 0 Å². The first-order chi connectivity index (χ1) is 12.1. The number of hydrogen-bond donors (Lipinski definition) is 1. The van der Waals surface area contributed by atoms with E-state index < -0.39 is 17.1 Å². The average Bonchev–Trinajstić information content (AvgIpc) is 2.59. The number of hydrogen-bond acceptors (Lipinski definition) is 4. The van der Waals surface area contributed by atoms with Crippen LogP contribution in [-0.2, 0) is 4.79 Å². The molecular weight excluding hydrogens is 318 g/mol. The Morgan fingerprint density at radius 2 is 1.60 bits per heavy atom. The smallest absolute Gasteiger partial charge is 0.242 e. The van der Waals surface area contributed by atoms with Crippen LogP contribution in [-0.4, -0.2) is 28.5 Å². The zero-order chi connectivity index (χ0) is 18.8. The molecule has 1 N–H and O–H groups in total. The van der Waals surface area contributed by atoms with E-state index in [0.29, 0.717) is 6.42 Å². The third-order valence-corrected chi connectivity index (χ3v) is 3.57. The molecule has 1 radical (unpaired) electrons. The van der Waals surface area contributed by atoms with E-state index in [2.05, 4.69) is 12.2 Å². The minimum Gasteiger partial charge on any atom is -0.386 e. The molecule has 0 saturated heterocycles. The molecule has 0 heterocycles. The van der Waals surface area contributed by atoms with Gasteiger partial charge in [-0.3, -0.25) is 14.9 Å². The van der Waals surface area contributed by atoms with Gasteiger partial charge in [-0.15, -0.1) is 0 Å². The van der Waals surface area contributed by atoms with Crippen LogP contribution in [0.2, 0.25) is 0 Å². The van der Waals surface area contributed by atoms with E-state index in [-0.39, 0.29) is 12.8 Å². The quantitative estimate of drug-likeness (QED) is 0.205. The highest BCUT2D eigenvalue weighted by Crippen LogP contribution is 2.10. The largest absolute Gasteiger partial charge is 0.386 e. The Labute approximate surface area is 151 Å². The summed E-state index contributed by atoms with van der Waals surface area (Å²) in [4.78, 5) is 20.6. The fraction of sp³-hybridized carbons (Fsp3) is 0.550. The normalized spacial score (nSPS) is 14.8. The van der Waals surface area contributed by atoms with E-state index >= 15 is 0 Å². The van der Waals surface area contributed by atoms with Crippen molar-refractivity contribution in [3.8, 4) is 0 Å². The number of rotatable bonds is 15. The minimum atomic E-state index is -0.969. The summed E-state index contributed by atoms with van der Waals surface area (Å²) >= 11 is 0. The second-order valence-electron chi connectivity index (χ2n) is 5.69. The van der Waals surface area contributed by atoms with E-state index in [1.165, 1.54) is 0 Å². The molecule has 25 heavy (non-hydrogen) atoms. The van der Waals surface area contributed by atoms with E-state index in [0.717, 1.165) is 32.1 Å². The van der Waals surface area contributed by atoms with Crippen molar-refractivity contribution in [3.05, 3.63) is 58.7 Å². The maximum Gasteiger partial charge on any atom is 0.242 e. The fourth-order valence-electron chi connectivity index (χ4n) is 2.13. The Morgan fingerprint density at radius 1 is 1.00 bits per heavy atom. The predicted molar refractivity (Wildman–Crippen MR) is 102 cm³/mol. The van der Waals surface area contributed by atoms with E-state index in [9.17, 15) is 20.0 Å². The zero-order valence-electron chi connectivity index (χ0n) is 15.0. The van der Waals surface area contributed by atoms with Gasteiger partial charge < -0.3 is 5.11 Å². The van der Waals surface area contributed by atoms with Crippen molar-refractivity contribution in [1.82, 2.24) is 0 Å². The fourth-order valence-corrected chi connectivity index (χ4v) is 2.13. The lowest BCUT2D eigenvalue weighted by Crippen LogP contribution is -2.32. The van der Waals surface area contributed by atoms with Gasteiger partial charge in [-0.2, -0.15) is 0 Å². The highest BCUT2D eigenvalue weighted by atomic mass is 16.6. The second kappa shape index (κ2) is 16.8. The number of allylic oxidation sites excluding steroid dienone is 6. The summed E-state index contributed by atoms with van der Waals surface area (Å²) in [7, 11) is 0. The van der Waals surface area contributed by atoms with Crippen LogP contribution in [0.3, 0.4) is 0 Å². The monoisotopic (exact) mass is 348 g/mol. The molecule has 5 nitrogen and oxygen atoms in total. The molecular formula is C20H30NO4. The Bertz CT molecular complexity index is 466. The van der Waals surface area contributed by atoms with Crippen LogP contribution in [0.25, 0.3) is 0 Å². The molecule has 2 unspecified atom stereocenters. The molecule has 0 aromatic heterocycles. The number of aliphatic hydroxyl groups excluding tert-OH is 1. The van der Waals surface area contributed by atoms with Gasteiger partial charge in [0.1, 0.15) is 6.10 Å². The van der Waals surface area contributed by atoms with Crippen LogP contribution in [0, 0.1) is 10.1 Å². The van der Waals surface area contributed by atoms with Gasteiger partial charge in [-0.25, -0.2) is 0 Å². The lowest BCUT2D eigenvalue weighted by Gasteiger charge is -2.12. The predicted octanol–water partition coefficient (Wildman–Crippen LogP) is 4.47. The molecule has 0 aliphatic carbocycles. The van der Waals surface area contributed by atoms with E-state index in [1.54, 1.807) is 12.2 Å². The van der Waals surface area contributed by atoms with Gasteiger partial charge in [0.2, 0.25) is 6.04 Å². The average molecular weight is 348 g/mol. The summed E-state index contributed by atoms with van der Waals surface area (Å²) in [5.41, 5.74) is 0. The van der Waals surface area contributed by atoms with Crippen molar-refractivity contribution in [2.45, 2.75) is 70.4 Å². The topological polar surface area (TPSA) is 80.4 Å². The van der Waals surface area contributed by atoms with Crippen molar-refractivity contribution in [2.24, 2.45) is 0 Å². The van der Waals surface area contributed by atoms with Crippen molar-refractivity contribution >= 4 is 6.29 Å². The lowest BCUT2D eigenvalue weighted by molar-refractivity contribution is -0.533. The van der Waals surface area contributed by atoms with Crippen LogP contribution >= 0.6 is 0 Å². The number of carbonyl (C=O) groups excluding carboxylic acids is 1. The van der Waals surface area contributed by atoms with Crippen molar-refractivity contribution in [3.63, 3.8) is 0 Å². The first-order valence-electron chi connectivity index (χ1n) is 8.90. The van der Waals surface area contributed by atoms with Gasteiger partial charge in [0.05, 0.1) is 0 Å². The third-order valence-electron chi connectivity index (χ3n) is 3.57. The molecule has 0 bridgehead atoms. The maximum atomic E-state index is 11.0. The highest BCUT2D eigenvalue weighted by Gasteiger charge is 2.27. The summed E-state index contributed by atoms with van der Waals surface area (Å²) in [5, 5.41) is 21.0. The first kappa shape index (κ1) is 23.0. The van der Waals surface area contributed by atoms with Gasteiger partial charge in [0.15, 0.2) is 6.29 Å². The second-order valence-corrected chi connectivity index (χ2v) is 5.69. The molecule has 0 spiro atoms. The number of nitro groups is 1. The molecule has 0 aromatic carbocycles. The maximum absolute atomic E-state index is 11.0. The molecule has 5 heteroatoms. The van der Waals surface area contributed by atoms with Gasteiger partial charge >= 0.3 is 0 Å². The summed E-state index contributed by atoms with van der Waals surface area (Å²) in [6, 6.07) is -0.954. The summed E-state index contributed by atoms with van der Waals surface area (Å²) in [6.45, 7) is 1.96. The molecule has 0 fully saturated rings. The minimum absolute atomic E-state index is 0.257. The van der Waals surface area contributed by atoms with Gasteiger partial charge in [0.25, 0.3) is 0 Å². The molecule has 0 aromatic rings. The van der Waals surface area contributed by atoms with Crippen LogP contribution in [0.15, 0.2) is 48.6 Å². The van der Waals surface area contributed by atoms with Crippen LogP contribution in [0.1, 0.15) is 58.3 Å². The molecule has 139 valence electrons. The summed E-state index contributed by atoms with van der Waals surface area (Å²) in [6.07, 6.45) is 21.6. The molecule has 0 aliphatic heterocycles. The summed E-state index contributed by atoms with van der Waals surface area (Å²) < 4.78 is 0. The van der Waals surface area contributed by atoms with Gasteiger partial charge in [-0.05, 0) is 38.5 Å². The summed E-state index contributed by atoms with van der Waals surface area (Å²) in [5.74, 6) is 0. The molecule has 0 amide bonds. The van der Waals surface area contributed by atoms with E-state index in [4.69, 9.17) is 0 Å². The van der Waals surface area contributed by atoms with E-state index in [1.807, 2.05) is 37.5 Å². The Morgan fingerprint density at radius 3 is 2.20 bits per heavy atom. The molecule has 0 saturated carbocycles. The first-order valence-corrected chi connectivity index (χ1v) is 8.90. The Balaban J connectivity index is 3.97. The molecule has 0 aliphatic rings. The SMILES string of the molecule is CC/C=C\CC(C(O)C/C=C\C/C=C\C/C=C\CCC[C]=O)[N+](=O)[O-]. The van der Waals surface area contributed by atoms with Crippen LogP contribution in [0.4, 0.5) is 0 Å². The molecule has 2 atom stereocenters. The van der Waals surface area contributed by atoms with Crippen molar-refractivity contribution < 1.29 is 14.8 Å². The molecule has 0 rings (SSSR count). The van der Waals surface area contributed by atoms with Crippen LogP contribution < -0.4 is 0 Å². The highest BCUT2D eigenvalue weighted by molar-refractivity contribution is 5.50. The third kappa shape index (κ3) is 14.1. The number of nitrogens with zero attached hydrogens (tertiary/aromatic N) is 1. The number of aliphatic hydroxyl groups is 1. The van der Waals surface area contributed by atoms with Gasteiger partial charge in [-0.1, -0.05) is 55.5 Å². The zero-order valence-corrected chi connectivity index (χ0v) is 15.0. The number of unbranched alkanes of at least 4 members (excludes halogenated alkanes) is 2. The van der Waals surface area contributed by atoms with Gasteiger partial charge in [0, 0.05) is 17.8 Å².